The van der Waals surface area contributed by atoms with Crippen LogP contribution in [0.3, 0.4) is 0 Å². The summed E-state index contributed by atoms with van der Waals surface area (Å²) in [6.45, 7) is 5.53. The Bertz CT molecular complexity index is 413. The van der Waals surface area contributed by atoms with E-state index in [0.717, 1.165) is 12.6 Å². The van der Waals surface area contributed by atoms with Gasteiger partial charge in [0, 0.05) is 26.1 Å². The number of amides is 1. The summed E-state index contributed by atoms with van der Waals surface area (Å²) in [5, 5.41) is 8.43. The number of anilines is 2. The Balaban J connectivity index is 2.43. The molecular formula is C12H20FN5O. The molecule has 19 heavy (non-hydrogen) atoms. The molecule has 1 amide bonds. The lowest BCUT2D eigenvalue weighted by Gasteiger charge is -2.08. The zero-order valence-corrected chi connectivity index (χ0v) is 11.3. The van der Waals surface area contributed by atoms with E-state index in [2.05, 4.69) is 25.9 Å². The topological polar surface area (TPSA) is 78.9 Å². The van der Waals surface area contributed by atoms with Crippen LogP contribution in [0.2, 0.25) is 0 Å². The zero-order valence-electron chi connectivity index (χ0n) is 11.3. The van der Waals surface area contributed by atoms with Crippen molar-refractivity contribution in [2.75, 3.05) is 30.3 Å². The van der Waals surface area contributed by atoms with Crippen molar-refractivity contribution in [1.82, 2.24) is 15.3 Å². The van der Waals surface area contributed by atoms with E-state index in [4.69, 9.17) is 0 Å². The van der Waals surface area contributed by atoms with Gasteiger partial charge in [0.15, 0.2) is 11.6 Å². The highest BCUT2D eigenvalue weighted by Crippen LogP contribution is 2.11. The molecule has 0 saturated heterocycles. The molecule has 0 aliphatic carbocycles. The SMILES string of the molecule is CCCNC(=O)CCNc1nc(NCC)ncc1F. The molecule has 0 spiro atoms. The van der Waals surface area contributed by atoms with Crippen LogP contribution in [0, 0.1) is 5.82 Å². The minimum atomic E-state index is -0.532. The van der Waals surface area contributed by atoms with Gasteiger partial charge in [0.1, 0.15) is 0 Å². The Labute approximate surface area is 112 Å². The van der Waals surface area contributed by atoms with Gasteiger partial charge < -0.3 is 16.0 Å². The largest absolute Gasteiger partial charge is 0.367 e. The fraction of sp³-hybridized carbons (Fsp3) is 0.583. The van der Waals surface area contributed by atoms with Gasteiger partial charge in [0.2, 0.25) is 11.9 Å². The third kappa shape index (κ3) is 5.50. The van der Waals surface area contributed by atoms with E-state index in [1.807, 2.05) is 13.8 Å². The van der Waals surface area contributed by atoms with Crippen LogP contribution in [0.25, 0.3) is 0 Å². The van der Waals surface area contributed by atoms with Gasteiger partial charge in [0.25, 0.3) is 0 Å². The lowest BCUT2D eigenvalue weighted by molar-refractivity contribution is -0.120. The first-order chi connectivity index (χ1) is 9.17. The van der Waals surface area contributed by atoms with Gasteiger partial charge in [-0.3, -0.25) is 4.79 Å². The number of carbonyl (C=O) groups is 1. The molecule has 0 aliphatic rings. The summed E-state index contributed by atoms with van der Waals surface area (Å²) in [7, 11) is 0. The van der Waals surface area contributed by atoms with Crippen LogP contribution in [0.1, 0.15) is 26.7 Å². The molecule has 0 aliphatic heterocycles. The fourth-order valence-corrected chi connectivity index (χ4v) is 1.38. The smallest absolute Gasteiger partial charge is 0.224 e. The molecule has 1 rings (SSSR count). The van der Waals surface area contributed by atoms with Crippen LogP contribution in [0.15, 0.2) is 6.20 Å². The first-order valence-electron chi connectivity index (χ1n) is 6.44. The van der Waals surface area contributed by atoms with Gasteiger partial charge in [-0.25, -0.2) is 9.37 Å². The number of carbonyl (C=O) groups excluding carboxylic acids is 1. The normalized spacial score (nSPS) is 10.1. The number of nitrogens with zero attached hydrogens (tertiary/aromatic N) is 2. The van der Waals surface area contributed by atoms with Crippen LogP contribution in [-0.4, -0.2) is 35.5 Å². The van der Waals surface area contributed by atoms with Crippen LogP contribution < -0.4 is 16.0 Å². The molecule has 0 bridgehead atoms. The molecule has 1 aromatic heterocycles. The molecule has 0 fully saturated rings. The second-order valence-electron chi connectivity index (χ2n) is 3.95. The third-order valence-electron chi connectivity index (χ3n) is 2.30. The van der Waals surface area contributed by atoms with Crippen molar-refractivity contribution in [1.29, 1.82) is 0 Å². The maximum atomic E-state index is 13.4. The minimum absolute atomic E-state index is 0.0595. The summed E-state index contributed by atoms with van der Waals surface area (Å²) >= 11 is 0. The van der Waals surface area contributed by atoms with Crippen LogP contribution in [0.5, 0.6) is 0 Å². The van der Waals surface area contributed by atoms with Gasteiger partial charge in [-0.15, -0.1) is 0 Å². The van der Waals surface area contributed by atoms with Crippen molar-refractivity contribution in [3.05, 3.63) is 12.0 Å². The Morgan fingerprint density at radius 2 is 2.11 bits per heavy atom. The molecule has 1 aromatic rings. The maximum Gasteiger partial charge on any atom is 0.224 e. The highest BCUT2D eigenvalue weighted by atomic mass is 19.1. The number of hydrogen-bond acceptors (Lipinski definition) is 5. The van der Waals surface area contributed by atoms with E-state index in [1.54, 1.807) is 0 Å². The molecule has 3 N–H and O–H groups in total. The summed E-state index contributed by atoms with van der Waals surface area (Å²) < 4.78 is 13.4. The predicted octanol–water partition coefficient (Wildman–Crippen LogP) is 1.38. The zero-order chi connectivity index (χ0) is 14.1. The number of nitrogens with one attached hydrogen (secondary N) is 3. The summed E-state index contributed by atoms with van der Waals surface area (Å²) in [5.41, 5.74) is 0. The highest BCUT2D eigenvalue weighted by molar-refractivity contribution is 5.76. The number of halogens is 1. The maximum absolute atomic E-state index is 13.4. The molecule has 7 heteroatoms. The number of rotatable bonds is 8. The van der Waals surface area contributed by atoms with Gasteiger partial charge in [-0.1, -0.05) is 6.92 Å². The van der Waals surface area contributed by atoms with E-state index >= 15 is 0 Å². The molecule has 0 saturated carbocycles. The minimum Gasteiger partial charge on any atom is -0.367 e. The molecular weight excluding hydrogens is 249 g/mol. The highest BCUT2D eigenvalue weighted by Gasteiger charge is 2.07. The Kier molecular flexibility index (Phi) is 6.56. The van der Waals surface area contributed by atoms with E-state index in [-0.39, 0.29) is 18.1 Å². The van der Waals surface area contributed by atoms with Crippen LogP contribution in [0.4, 0.5) is 16.2 Å². The van der Waals surface area contributed by atoms with Gasteiger partial charge in [-0.2, -0.15) is 4.98 Å². The molecule has 0 atom stereocenters. The van der Waals surface area contributed by atoms with E-state index < -0.39 is 5.82 Å². The van der Waals surface area contributed by atoms with Crippen LogP contribution in [-0.2, 0) is 4.79 Å². The molecule has 6 nitrogen and oxygen atoms in total. The van der Waals surface area contributed by atoms with Gasteiger partial charge in [0.05, 0.1) is 6.20 Å². The first-order valence-corrected chi connectivity index (χ1v) is 6.44. The van der Waals surface area contributed by atoms with Crippen molar-refractivity contribution in [2.45, 2.75) is 26.7 Å². The Hall–Kier alpha value is -1.92. The third-order valence-corrected chi connectivity index (χ3v) is 2.30. The van der Waals surface area contributed by atoms with E-state index in [0.29, 0.717) is 25.6 Å². The van der Waals surface area contributed by atoms with Crippen molar-refractivity contribution < 1.29 is 9.18 Å². The molecule has 1 heterocycles. The summed E-state index contributed by atoms with van der Waals surface area (Å²) in [6, 6.07) is 0. The average Bonchev–Trinajstić information content (AvgIpc) is 2.40. The predicted molar refractivity (Wildman–Crippen MR) is 72.6 cm³/mol. The molecule has 0 unspecified atom stereocenters. The molecule has 0 aromatic carbocycles. The molecule has 106 valence electrons. The summed E-state index contributed by atoms with van der Waals surface area (Å²) in [6.07, 6.45) is 2.27. The van der Waals surface area contributed by atoms with E-state index in [9.17, 15) is 9.18 Å². The lowest BCUT2D eigenvalue weighted by Crippen LogP contribution is -2.26. The van der Waals surface area contributed by atoms with Crippen molar-refractivity contribution in [3.63, 3.8) is 0 Å². The Morgan fingerprint density at radius 1 is 1.32 bits per heavy atom. The summed E-state index contributed by atoms with van der Waals surface area (Å²) in [4.78, 5) is 19.1. The van der Waals surface area contributed by atoms with Crippen molar-refractivity contribution >= 4 is 17.7 Å². The number of hydrogen-bond donors (Lipinski definition) is 3. The number of aromatic nitrogens is 2. The standard InChI is InChI=1S/C12H20FN5O/c1-3-6-15-10(19)5-7-16-11-9(13)8-17-12(18-11)14-4-2/h8H,3-7H2,1-2H3,(H,15,19)(H2,14,16,17,18). The van der Waals surface area contributed by atoms with E-state index in [1.165, 1.54) is 0 Å². The van der Waals surface area contributed by atoms with Gasteiger partial charge >= 0.3 is 0 Å². The fourth-order valence-electron chi connectivity index (χ4n) is 1.38. The lowest BCUT2D eigenvalue weighted by atomic mass is 10.3. The Morgan fingerprint density at radius 3 is 2.79 bits per heavy atom. The van der Waals surface area contributed by atoms with Gasteiger partial charge in [-0.05, 0) is 13.3 Å². The van der Waals surface area contributed by atoms with Crippen LogP contribution >= 0.6 is 0 Å². The van der Waals surface area contributed by atoms with Crippen molar-refractivity contribution in [3.8, 4) is 0 Å². The van der Waals surface area contributed by atoms with Crippen molar-refractivity contribution in [2.24, 2.45) is 0 Å². The summed E-state index contributed by atoms with van der Waals surface area (Å²) in [5.74, 6) is -0.123. The second kappa shape index (κ2) is 8.23. The first kappa shape index (κ1) is 15.1. The molecule has 0 radical (unpaired) electrons. The monoisotopic (exact) mass is 269 g/mol. The average molecular weight is 269 g/mol. The quantitative estimate of drug-likeness (QED) is 0.664. The second-order valence-corrected chi connectivity index (χ2v) is 3.95.